The smallest absolute Gasteiger partial charge is 0.235 e. The van der Waals surface area contributed by atoms with Crippen molar-refractivity contribution in [1.29, 1.82) is 0 Å². The van der Waals surface area contributed by atoms with E-state index in [0.717, 1.165) is 54.3 Å². The maximum absolute atomic E-state index is 12.9. The van der Waals surface area contributed by atoms with Gasteiger partial charge in [-0.3, -0.25) is 9.69 Å². The molecule has 0 spiro atoms. The molecular weight excluding hydrogens is 424 g/mol. The number of β-amino-alcohol motifs (C(OH)–C–C–N with tert-alkyl or cyclic N) is 1. The van der Waals surface area contributed by atoms with Gasteiger partial charge in [0, 0.05) is 60.5 Å². The molecule has 2 aliphatic rings. The molecule has 8 nitrogen and oxygen atoms in total. The van der Waals surface area contributed by atoms with Crippen LogP contribution >= 0.6 is 0 Å². The van der Waals surface area contributed by atoms with Crippen molar-refractivity contribution in [1.82, 2.24) is 9.47 Å². The van der Waals surface area contributed by atoms with Gasteiger partial charge >= 0.3 is 0 Å². The number of benzene rings is 2. The molecule has 0 radical (unpaired) electrons. The van der Waals surface area contributed by atoms with Crippen LogP contribution in [0.5, 0.6) is 23.0 Å². The Morgan fingerprint density at radius 3 is 2.76 bits per heavy atom. The number of carbonyl (C=O) groups excluding carboxylic acids is 1. The van der Waals surface area contributed by atoms with Crippen LogP contribution in [0.2, 0.25) is 0 Å². The molecule has 1 unspecified atom stereocenters. The van der Waals surface area contributed by atoms with Gasteiger partial charge in [-0.25, -0.2) is 0 Å². The van der Waals surface area contributed by atoms with Gasteiger partial charge in [-0.2, -0.15) is 0 Å². The first-order valence-electron chi connectivity index (χ1n) is 10.9. The van der Waals surface area contributed by atoms with Gasteiger partial charge in [-0.05, 0) is 37.6 Å². The molecule has 1 atom stereocenters. The van der Waals surface area contributed by atoms with Crippen LogP contribution in [-0.4, -0.2) is 63.4 Å². The number of aromatic hydroxyl groups is 2. The third-order valence-corrected chi connectivity index (χ3v) is 6.48. The summed E-state index contributed by atoms with van der Waals surface area (Å²) in [5.74, 6) is -0.00560. The fraction of sp³-hybridized carbons (Fsp3) is 0.320. The van der Waals surface area contributed by atoms with E-state index in [9.17, 15) is 20.1 Å². The monoisotopic (exact) mass is 450 g/mol. The van der Waals surface area contributed by atoms with Crippen LogP contribution in [0, 0.1) is 6.92 Å². The molecule has 2 aromatic carbocycles. The molecule has 3 aromatic rings. The van der Waals surface area contributed by atoms with Gasteiger partial charge in [-0.1, -0.05) is 0 Å². The highest BCUT2D eigenvalue weighted by molar-refractivity contribution is 6.17. The lowest BCUT2D eigenvalue weighted by Gasteiger charge is -2.17. The third-order valence-electron chi connectivity index (χ3n) is 6.48. The first kappa shape index (κ1) is 21.4. The van der Waals surface area contributed by atoms with Crippen molar-refractivity contribution in [3.8, 4) is 23.0 Å². The second-order valence-corrected chi connectivity index (χ2v) is 8.55. The summed E-state index contributed by atoms with van der Waals surface area (Å²) in [4.78, 5) is 15.2. The van der Waals surface area contributed by atoms with Crippen molar-refractivity contribution >= 4 is 22.8 Å². The Labute approximate surface area is 190 Å². The van der Waals surface area contributed by atoms with E-state index in [1.807, 2.05) is 25.1 Å². The molecule has 1 aromatic heterocycles. The highest BCUT2D eigenvalue weighted by Gasteiger charge is 2.32. The fourth-order valence-corrected chi connectivity index (χ4v) is 4.75. The molecule has 33 heavy (non-hydrogen) atoms. The second kappa shape index (κ2) is 8.13. The van der Waals surface area contributed by atoms with E-state index in [0.29, 0.717) is 12.3 Å². The van der Waals surface area contributed by atoms with E-state index in [2.05, 4.69) is 9.47 Å². The number of methoxy groups -OCH3 is 1. The Kier molecular flexibility index (Phi) is 5.26. The van der Waals surface area contributed by atoms with Gasteiger partial charge in [0.15, 0.2) is 5.76 Å². The van der Waals surface area contributed by atoms with E-state index in [4.69, 9.17) is 9.47 Å². The van der Waals surface area contributed by atoms with Crippen molar-refractivity contribution in [2.75, 3.05) is 26.7 Å². The Bertz CT molecular complexity index is 1290. The Morgan fingerprint density at radius 1 is 1.21 bits per heavy atom. The molecule has 8 heteroatoms. The van der Waals surface area contributed by atoms with Crippen LogP contribution in [0.4, 0.5) is 0 Å². The zero-order chi connectivity index (χ0) is 23.3. The van der Waals surface area contributed by atoms with Gasteiger partial charge in [0.25, 0.3) is 0 Å². The quantitative estimate of drug-likeness (QED) is 0.513. The van der Waals surface area contributed by atoms with E-state index >= 15 is 0 Å². The minimum atomic E-state index is -0.434. The van der Waals surface area contributed by atoms with E-state index in [1.54, 1.807) is 13.2 Å². The zero-order valence-electron chi connectivity index (χ0n) is 18.5. The number of nitrogens with zero attached hydrogens (tertiary/aromatic N) is 2. The lowest BCUT2D eigenvalue weighted by molar-refractivity contribution is 0.101. The molecule has 3 N–H and O–H groups in total. The predicted octanol–water partition coefficient (Wildman–Crippen LogP) is 3.05. The average Bonchev–Trinajstić information content (AvgIpc) is 3.41. The van der Waals surface area contributed by atoms with Gasteiger partial charge < -0.3 is 29.4 Å². The number of aliphatic hydroxyl groups is 1. The molecule has 1 fully saturated rings. The van der Waals surface area contributed by atoms with Gasteiger partial charge in [0.1, 0.15) is 28.6 Å². The Morgan fingerprint density at radius 2 is 2.03 bits per heavy atom. The lowest BCUT2D eigenvalue weighted by atomic mass is 10.1. The SMILES string of the molecule is COc1ccc2c(c1)c(/C=C1\Oc3cc(O)cc(O)c3C1=O)c(C)n2CCN1CCC(O)C1. The van der Waals surface area contributed by atoms with Crippen molar-refractivity contribution in [2.24, 2.45) is 0 Å². The van der Waals surface area contributed by atoms with Crippen molar-refractivity contribution < 1.29 is 29.6 Å². The van der Waals surface area contributed by atoms with Crippen LogP contribution in [-0.2, 0) is 6.54 Å². The molecule has 1 saturated heterocycles. The first-order valence-corrected chi connectivity index (χ1v) is 10.9. The summed E-state index contributed by atoms with van der Waals surface area (Å²) >= 11 is 0. The van der Waals surface area contributed by atoms with Crippen LogP contribution in [0.3, 0.4) is 0 Å². The Hall–Kier alpha value is -3.49. The predicted molar refractivity (Wildman–Crippen MR) is 123 cm³/mol. The number of allylic oxidation sites excluding steroid dienone is 1. The molecule has 2 aliphatic heterocycles. The largest absolute Gasteiger partial charge is 0.508 e. The number of aromatic nitrogens is 1. The number of hydrogen-bond donors (Lipinski definition) is 3. The molecule has 0 saturated carbocycles. The second-order valence-electron chi connectivity index (χ2n) is 8.55. The lowest BCUT2D eigenvalue weighted by Crippen LogP contribution is -2.26. The van der Waals surface area contributed by atoms with Gasteiger partial charge in [0.2, 0.25) is 5.78 Å². The Balaban J connectivity index is 1.55. The number of Topliss-reactive ketones (excluding diaryl/α,β-unsaturated/α-hetero) is 1. The third kappa shape index (κ3) is 3.71. The number of ether oxygens (including phenoxy) is 2. The fourth-order valence-electron chi connectivity index (χ4n) is 4.75. The number of ketones is 1. The highest BCUT2D eigenvalue weighted by atomic mass is 16.5. The summed E-state index contributed by atoms with van der Waals surface area (Å²) in [6, 6.07) is 8.28. The van der Waals surface area contributed by atoms with Gasteiger partial charge in [-0.15, -0.1) is 0 Å². The standard InChI is InChI=1S/C25H26N2O6/c1-14-18(12-23-25(31)24-21(30)9-16(29)10-22(24)33-23)19-11-17(32-2)3-4-20(19)27(14)8-7-26-6-5-15(28)13-26/h3-4,9-12,15,28-30H,5-8,13H2,1-2H3/b23-12-. The maximum Gasteiger partial charge on any atom is 0.235 e. The number of fused-ring (bicyclic) bond motifs is 2. The number of carbonyl (C=O) groups is 1. The summed E-state index contributed by atoms with van der Waals surface area (Å²) in [6.07, 6.45) is 2.22. The number of hydrogen-bond acceptors (Lipinski definition) is 7. The topological polar surface area (TPSA) is 104 Å². The summed E-state index contributed by atoms with van der Waals surface area (Å²) in [7, 11) is 1.61. The number of phenols is 2. The zero-order valence-corrected chi connectivity index (χ0v) is 18.5. The summed E-state index contributed by atoms with van der Waals surface area (Å²) in [5.41, 5.74) is 2.84. The summed E-state index contributed by atoms with van der Waals surface area (Å²) in [6.45, 7) is 5.08. The normalized spacial score (nSPS) is 19.4. The number of phenolic OH excluding ortho intramolecular Hbond substituents is 2. The van der Waals surface area contributed by atoms with Crippen molar-refractivity contribution in [2.45, 2.75) is 26.0 Å². The van der Waals surface area contributed by atoms with E-state index < -0.39 is 5.78 Å². The molecule has 5 rings (SSSR count). The minimum absolute atomic E-state index is 0.0469. The minimum Gasteiger partial charge on any atom is -0.508 e. The van der Waals surface area contributed by atoms with Crippen molar-refractivity contribution in [3.05, 3.63) is 52.9 Å². The maximum atomic E-state index is 12.9. The highest BCUT2D eigenvalue weighted by Crippen LogP contribution is 2.41. The van der Waals surface area contributed by atoms with Crippen LogP contribution < -0.4 is 9.47 Å². The molecular formula is C25H26N2O6. The molecule has 3 heterocycles. The molecule has 0 bridgehead atoms. The van der Waals surface area contributed by atoms with Crippen LogP contribution in [0.15, 0.2) is 36.1 Å². The average molecular weight is 450 g/mol. The van der Waals surface area contributed by atoms with E-state index in [1.165, 1.54) is 6.07 Å². The number of aliphatic hydroxyl groups excluding tert-OH is 1. The summed E-state index contributed by atoms with van der Waals surface area (Å²) in [5, 5.41) is 30.6. The molecule has 0 amide bonds. The van der Waals surface area contributed by atoms with Crippen LogP contribution in [0.1, 0.15) is 28.0 Å². The first-order chi connectivity index (χ1) is 15.9. The number of likely N-dealkylation sites (tertiary alicyclic amines) is 1. The number of rotatable bonds is 5. The van der Waals surface area contributed by atoms with Gasteiger partial charge in [0.05, 0.1) is 13.2 Å². The molecule has 172 valence electrons. The van der Waals surface area contributed by atoms with E-state index in [-0.39, 0.29) is 34.7 Å². The molecule has 0 aliphatic carbocycles. The van der Waals surface area contributed by atoms with Crippen LogP contribution in [0.25, 0.3) is 17.0 Å². The summed E-state index contributed by atoms with van der Waals surface area (Å²) < 4.78 is 13.3. The van der Waals surface area contributed by atoms with Crippen molar-refractivity contribution in [3.63, 3.8) is 0 Å².